The van der Waals surface area contributed by atoms with E-state index in [1.54, 1.807) is 12.1 Å². The highest BCUT2D eigenvalue weighted by Crippen LogP contribution is 2.37. The maximum atomic E-state index is 9.64. The van der Waals surface area contributed by atoms with Crippen molar-refractivity contribution in [2.75, 3.05) is 0 Å². The van der Waals surface area contributed by atoms with Crippen LogP contribution in [0.1, 0.15) is 24.5 Å². The van der Waals surface area contributed by atoms with Crippen LogP contribution in [-0.4, -0.2) is 16.1 Å². The van der Waals surface area contributed by atoms with E-state index in [1.807, 2.05) is 48.5 Å². The van der Waals surface area contributed by atoms with Gasteiger partial charge in [0.2, 0.25) is 0 Å². The summed E-state index contributed by atoms with van der Waals surface area (Å²) in [6.45, 7) is 2.12. The second-order valence-electron chi connectivity index (χ2n) is 6.21. The molecule has 0 aromatic heterocycles. The lowest BCUT2D eigenvalue weighted by molar-refractivity contribution is 0.318. The number of hydrogen-bond acceptors (Lipinski definition) is 3. The molecule has 26 heavy (non-hydrogen) atoms. The molecule has 0 amide bonds. The first-order valence-corrected chi connectivity index (χ1v) is 8.63. The van der Waals surface area contributed by atoms with E-state index in [-0.39, 0.29) is 11.6 Å². The van der Waals surface area contributed by atoms with Gasteiger partial charge in [0.1, 0.15) is 5.75 Å². The number of phenolic OH excluding ortho intramolecular Hbond substituents is 1. The van der Waals surface area contributed by atoms with Gasteiger partial charge in [-0.25, -0.2) is 0 Å². The Kier molecular flexibility index (Phi) is 5.23. The van der Waals surface area contributed by atoms with Gasteiger partial charge in [0.15, 0.2) is 5.84 Å². The van der Waals surface area contributed by atoms with Crippen LogP contribution >= 0.6 is 0 Å². The summed E-state index contributed by atoms with van der Waals surface area (Å²) in [6, 6.07) is 21.1. The summed E-state index contributed by atoms with van der Waals surface area (Å²) in [5.41, 5.74) is 11.7. The Morgan fingerprint density at radius 2 is 1.65 bits per heavy atom. The van der Waals surface area contributed by atoms with Crippen molar-refractivity contribution in [2.24, 2.45) is 10.9 Å². The van der Waals surface area contributed by atoms with E-state index in [4.69, 9.17) is 5.73 Å². The first-order valence-electron chi connectivity index (χ1n) is 8.63. The second-order valence-corrected chi connectivity index (χ2v) is 6.21. The Morgan fingerprint density at radius 1 is 0.962 bits per heavy atom. The van der Waals surface area contributed by atoms with E-state index in [9.17, 15) is 10.3 Å². The Bertz CT molecular complexity index is 917. The Hall–Kier alpha value is -3.27. The smallest absolute Gasteiger partial charge is 0.170 e. The predicted octanol–water partition coefficient (Wildman–Crippen LogP) is 4.77. The average Bonchev–Trinajstić information content (AvgIpc) is 2.68. The molecule has 4 nitrogen and oxygen atoms in total. The Balaban J connectivity index is 2.35. The number of phenols is 1. The predicted molar refractivity (Wildman–Crippen MR) is 105 cm³/mol. The van der Waals surface area contributed by atoms with Gasteiger partial charge >= 0.3 is 0 Å². The fraction of sp³-hybridized carbons (Fsp3) is 0.136. The molecule has 132 valence electrons. The molecule has 0 aliphatic carbocycles. The molecule has 4 N–H and O–H groups in total. The number of oxime groups is 1. The van der Waals surface area contributed by atoms with Crippen LogP contribution in [0.5, 0.6) is 5.75 Å². The van der Waals surface area contributed by atoms with Crippen molar-refractivity contribution in [3.63, 3.8) is 0 Å². The molecule has 0 spiro atoms. The summed E-state index contributed by atoms with van der Waals surface area (Å²) in [4.78, 5) is 0. The van der Waals surface area contributed by atoms with Gasteiger partial charge in [0, 0.05) is 11.1 Å². The SMILES string of the molecule is CCCc1cc(/C(N)=N/O)c(-c2ccccc2)c(-c2ccc(O)cc2)c1. The van der Waals surface area contributed by atoms with Gasteiger partial charge in [0.25, 0.3) is 0 Å². The van der Waals surface area contributed by atoms with Crippen LogP contribution < -0.4 is 5.73 Å². The van der Waals surface area contributed by atoms with E-state index >= 15 is 0 Å². The molecule has 0 unspecified atom stereocenters. The van der Waals surface area contributed by atoms with E-state index in [1.165, 1.54) is 0 Å². The maximum Gasteiger partial charge on any atom is 0.170 e. The van der Waals surface area contributed by atoms with Crippen molar-refractivity contribution < 1.29 is 10.3 Å². The highest BCUT2D eigenvalue weighted by molar-refractivity contribution is 6.07. The summed E-state index contributed by atoms with van der Waals surface area (Å²) < 4.78 is 0. The van der Waals surface area contributed by atoms with E-state index < -0.39 is 0 Å². The van der Waals surface area contributed by atoms with Crippen LogP contribution in [0, 0.1) is 0 Å². The molecule has 4 heteroatoms. The fourth-order valence-electron chi connectivity index (χ4n) is 3.18. The third kappa shape index (κ3) is 3.54. The van der Waals surface area contributed by atoms with Gasteiger partial charge in [0.05, 0.1) is 0 Å². The molecule has 3 rings (SSSR count). The number of nitrogens with zero attached hydrogens (tertiary/aromatic N) is 1. The van der Waals surface area contributed by atoms with Crippen LogP contribution in [-0.2, 0) is 6.42 Å². The van der Waals surface area contributed by atoms with Gasteiger partial charge in [-0.3, -0.25) is 0 Å². The van der Waals surface area contributed by atoms with Crippen LogP contribution in [0.4, 0.5) is 0 Å². The van der Waals surface area contributed by atoms with Crippen molar-refractivity contribution in [3.05, 3.63) is 77.9 Å². The normalized spacial score (nSPS) is 11.5. The molecule has 0 saturated carbocycles. The number of hydrogen-bond donors (Lipinski definition) is 3. The highest BCUT2D eigenvalue weighted by Gasteiger charge is 2.17. The Morgan fingerprint density at radius 3 is 2.27 bits per heavy atom. The largest absolute Gasteiger partial charge is 0.508 e. The lowest BCUT2D eigenvalue weighted by atomic mass is 9.87. The van der Waals surface area contributed by atoms with Crippen LogP contribution in [0.3, 0.4) is 0 Å². The number of aryl methyl sites for hydroxylation is 1. The average molecular weight is 346 g/mol. The molecule has 0 aliphatic heterocycles. The van der Waals surface area contributed by atoms with Crippen molar-refractivity contribution in [1.82, 2.24) is 0 Å². The van der Waals surface area contributed by atoms with E-state index in [0.717, 1.165) is 40.7 Å². The topological polar surface area (TPSA) is 78.8 Å². The highest BCUT2D eigenvalue weighted by atomic mass is 16.4. The zero-order valence-corrected chi connectivity index (χ0v) is 14.7. The first-order chi connectivity index (χ1) is 12.6. The maximum absolute atomic E-state index is 9.64. The minimum atomic E-state index is 0.0850. The molecule has 0 atom stereocenters. The number of nitrogens with two attached hydrogens (primary N) is 1. The molecular weight excluding hydrogens is 324 g/mol. The molecule has 0 fully saturated rings. The third-order valence-corrected chi connectivity index (χ3v) is 4.36. The van der Waals surface area contributed by atoms with Crippen LogP contribution in [0.2, 0.25) is 0 Å². The number of benzene rings is 3. The number of amidine groups is 1. The summed E-state index contributed by atoms with van der Waals surface area (Å²) in [5.74, 6) is 0.304. The summed E-state index contributed by atoms with van der Waals surface area (Å²) in [7, 11) is 0. The summed E-state index contributed by atoms with van der Waals surface area (Å²) in [6.07, 6.45) is 1.89. The monoisotopic (exact) mass is 346 g/mol. The lowest BCUT2D eigenvalue weighted by Gasteiger charge is -2.17. The fourth-order valence-corrected chi connectivity index (χ4v) is 3.18. The molecule has 3 aromatic rings. The molecule has 0 aliphatic rings. The number of aromatic hydroxyl groups is 1. The van der Waals surface area contributed by atoms with Gasteiger partial charge in [-0.15, -0.1) is 0 Å². The summed E-state index contributed by atoms with van der Waals surface area (Å²) >= 11 is 0. The molecule has 0 bridgehead atoms. The zero-order valence-electron chi connectivity index (χ0n) is 14.7. The van der Waals surface area contributed by atoms with Crippen LogP contribution in [0.15, 0.2) is 71.9 Å². The van der Waals surface area contributed by atoms with Crippen molar-refractivity contribution in [1.29, 1.82) is 0 Å². The van der Waals surface area contributed by atoms with Crippen molar-refractivity contribution >= 4 is 5.84 Å². The quantitative estimate of drug-likeness (QED) is 0.269. The number of rotatable bonds is 5. The standard InChI is InChI=1S/C22H22N2O2/c1-2-6-15-13-19(16-9-11-18(25)12-10-16)21(17-7-4-3-5-8-17)20(14-15)22(23)24-26/h3-5,7-14,25-26H,2,6H2,1H3,(H2,23,24). The van der Waals surface area contributed by atoms with E-state index in [0.29, 0.717) is 5.56 Å². The zero-order chi connectivity index (χ0) is 18.5. The van der Waals surface area contributed by atoms with Crippen molar-refractivity contribution in [2.45, 2.75) is 19.8 Å². The Labute approximate surface area is 153 Å². The van der Waals surface area contributed by atoms with Gasteiger partial charge in [-0.05, 0) is 46.9 Å². The molecule has 0 saturated heterocycles. The summed E-state index contributed by atoms with van der Waals surface area (Å²) in [5, 5.41) is 22.2. The van der Waals surface area contributed by atoms with Gasteiger partial charge in [-0.1, -0.05) is 67.0 Å². The van der Waals surface area contributed by atoms with Gasteiger partial charge < -0.3 is 16.0 Å². The first kappa shape index (κ1) is 17.5. The lowest BCUT2D eigenvalue weighted by Crippen LogP contribution is -2.15. The minimum Gasteiger partial charge on any atom is -0.508 e. The molecule has 0 heterocycles. The van der Waals surface area contributed by atoms with E-state index in [2.05, 4.69) is 18.1 Å². The third-order valence-electron chi connectivity index (χ3n) is 4.36. The molecule has 0 radical (unpaired) electrons. The minimum absolute atomic E-state index is 0.0850. The second kappa shape index (κ2) is 7.74. The van der Waals surface area contributed by atoms with Gasteiger partial charge in [-0.2, -0.15) is 0 Å². The van der Waals surface area contributed by atoms with Crippen LogP contribution in [0.25, 0.3) is 22.3 Å². The molecular formula is C22H22N2O2. The van der Waals surface area contributed by atoms with Crippen molar-refractivity contribution in [3.8, 4) is 28.0 Å². The molecule has 3 aromatic carbocycles.